The van der Waals surface area contributed by atoms with E-state index in [-0.39, 0.29) is 17.7 Å². The van der Waals surface area contributed by atoms with Crippen LogP contribution in [0.5, 0.6) is 0 Å². The molecule has 0 radical (unpaired) electrons. The molecule has 1 saturated heterocycles. The van der Waals surface area contributed by atoms with Gasteiger partial charge in [-0.3, -0.25) is 9.59 Å². The Kier molecular flexibility index (Phi) is 7.40. The summed E-state index contributed by atoms with van der Waals surface area (Å²) in [6.45, 7) is 3.32. The third kappa shape index (κ3) is 5.52. The maximum Gasteiger partial charge on any atom is 0.227 e. The summed E-state index contributed by atoms with van der Waals surface area (Å²) in [5.74, 6) is 0.129. The number of nitrogens with one attached hydrogen (secondary N) is 1. The fourth-order valence-corrected chi connectivity index (χ4v) is 4.42. The van der Waals surface area contributed by atoms with Crippen LogP contribution in [0.3, 0.4) is 0 Å². The molecule has 1 aliphatic rings. The van der Waals surface area contributed by atoms with E-state index in [1.54, 1.807) is 17.8 Å². The lowest BCUT2D eigenvalue weighted by molar-refractivity contribution is -0.134. The highest BCUT2D eigenvalue weighted by Crippen LogP contribution is 2.35. The van der Waals surface area contributed by atoms with Crippen LogP contribution < -0.4 is 5.32 Å². The Morgan fingerprint density at radius 3 is 2.50 bits per heavy atom. The second kappa shape index (κ2) is 9.99. The summed E-state index contributed by atoms with van der Waals surface area (Å²) < 4.78 is 0. The lowest BCUT2D eigenvalue weighted by Gasteiger charge is -2.31. The molecule has 0 spiro atoms. The molecule has 3 rings (SSSR count). The minimum absolute atomic E-state index is 0.00196. The van der Waals surface area contributed by atoms with E-state index < -0.39 is 0 Å². The van der Waals surface area contributed by atoms with Gasteiger partial charge in [0, 0.05) is 40.9 Å². The zero-order valence-electron chi connectivity index (χ0n) is 16.0. The van der Waals surface area contributed by atoms with Crippen LogP contribution in [0.1, 0.15) is 32.6 Å². The second-order valence-electron chi connectivity index (χ2n) is 6.95. The minimum atomic E-state index is -0.0668. The van der Waals surface area contributed by atoms with Gasteiger partial charge in [0.15, 0.2) is 0 Å². The van der Waals surface area contributed by atoms with Crippen molar-refractivity contribution in [2.45, 2.75) is 42.4 Å². The Bertz CT molecular complexity index is 821. The highest BCUT2D eigenvalue weighted by molar-refractivity contribution is 7.99. The van der Waals surface area contributed by atoms with Crippen LogP contribution in [0.15, 0.2) is 58.3 Å². The van der Waals surface area contributed by atoms with Crippen LogP contribution in [-0.4, -0.2) is 29.8 Å². The molecule has 28 heavy (non-hydrogen) atoms. The molecule has 4 nitrogen and oxygen atoms in total. The first-order valence-corrected chi connectivity index (χ1v) is 10.9. The van der Waals surface area contributed by atoms with Crippen LogP contribution in [0.4, 0.5) is 5.69 Å². The van der Waals surface area contributed by atoms with Gasteiger partial charge < -0.3 is 10.2 Å². The zero-order chi connectivity index (χ0) is 19.9. The number of hydrogen-bond donors (Lipinski definition) is 1. The van der Waals surface area contributed by atoms with Crippen molar-refractivity contribution in [2.24, 2.45) is 5.92 Å². The first-order valence-electron chi connectivity index (χ1n) is 9.68. The SMILES string of the molecule is CCCC(=O)N1CCC(C(=O)Nc2ccc(Sc3ccccc3)c(Cl)c2)CC1. The smallest absolute Gasteiger partial charge is 0.227 e. The van der Waals surface area contributed by atoms with Gasteiger partial charge in [-0.05, 0) is 49.6 Å². The first kappa shape index (κ1) is 20.7. The summed E-state index contributed by atoms with van der Waals surface area (Å²) in [5.41, 5.74) is 0.705. The Hall–Kier alpha value is -1.98. The number of likely N-dealkylation sites (tertiary alicyclic amines) is 1. The molecule has 2 aromatic carbocycles. The maximum absolute atomic E-state index is 12.6. The molecule has 1 N–H and O–H groups in total. The third-order valence-corrected chi connectivity index (χ3v) is 6.36. The number of anilines is 1. The molecule has 0 bridgehead atoms. The number of piperidine rings is 1. The molecule has 0 aliphatic carbocycles. The maximum atomic E-state index is 12.6. The predicted molar refractivity (Wildman–Crippen MR) is 115 cm³/mol. The van der Waals surface area contributed by atoms with Crippen LogP contribution in [0, 0.1) is 5.92 Å². The average molecular weight is 417 g/mol. The number of halogens is 1. The molecular formula is C22H25ClN2O2S. The number of hydrogen-bond acceptors (Lipinski definition) is 3. The molecule has 2 amide bonds. The molecule has 0 atom stereocenters. The van der Waals surface area contributed by atoms with E-state index in [4.69, 9.17) is 11.6 Å². The van der Waals surface area contributed by atoms with E-state index in [1.807, 2.05) is 54.3 Å². The molecule has 0 aromatic heterocycles. The summed E-state index contributed by atoms with van der Waals surface area (Å²) in [5, 5.41) is 3.59. The molecule has 1 heterocycles. The van der Waals surface area contributed by atoms with Gasteiger partial charge in [0.2, 0.25) is 11.8 Å². The van der Waals surface area contributed by atoms with Crippen molar-refractivity contribution in [3.8, 4) is 0 Å². The Balaban J connectivity index is 1.55. The Labute approximate surface area is 175 Å². The van der Waals surface area contributed by atoms with E-state index in [9.17, 15) is 9.59 Å². The molecule has 6 heteroatoms. The molecule has 0 unspecified atom stereocenters. The largest absolute Gasteiger partial charge is 0.343 e. The predicted octanol–water partition coefficient (Wildman–Crippen LogP) is 5.47. The molecule has 1 fully saturated rings. The van der Waals surface area contributed by atoms with Crippen molar-refractivity contribution in [1.82, 2.24) is 4.90 Å². The number of carbonyl (C=O) groups is 2. The molecular weight excluding hydrogens is 392 g/mol. The highest BCUT2D eigenvalue weighted by Gasteiger charge is 2.27. The van der Waals surface area contributed by atoms with Crippen LogP contribution in [-0.2, 0) is 9.59 Å². The Morgan fingerprint density at radius 2 is 1.86 bits per heavy atom. The zero-order valence-corrected chi connectivity index (χ0v) is 17.6. The van der Waals surface area contributed by atoms with Gasteiger partial charge in [0.1, 0.15) is 0 Å². The van der Waals surface area contributed by atoms with Gasteiger partial charge in [-0.15, -0.1) is 0 Å². The van der Waals surface area contributed by atoms with Crippen molar-refractivity contribution in [1.29, 1.82) is 0 Å². The van der Waals surface area contributed by atoms with Gasteiger partial charge in [-0.1, -0.05) is 48.5 Å². The molecule has 1 aliphatic heterocycles. The van der Waals surface area contributed by atoms with Gasteiger partial charge in [0.25, 0.3) is 0 Å². The van der Waals surface area contributed by atoms with Crippen molar-refractivity contribution in [2.75, 3.05) is 18.4 Å². The quantitative estimate of drug-likeness (QED) is 0.679. The van der Waals surface area contributed by atoms with Crippen molar-refractivity contribution < 1.29 is 9.59 Å². The fraction of sp³-hybridized carbons (Fsp3) is 0.364. The summed E-state index contributed by atoms with van der Waals surface area (Å²) in [4.78, 5) is 28.5. The van der Waals surface area contributed by atoms with Crippen molar-refractivity contribution in [3.05, 3.63) is 53.6 Å². The number of carbonyl (C=O) groups excluding carboxylic acids is 2. The van der Waals surface area contributed by atoms with Crippen LogP contribution in [0.25, 0.3) is 0 Å². The summed E-state index contributed by atoms with van der Waals surface area (Å²) in [6, 6.07) is 15.6. The minimum Gasteiger partial charge on any atom is -0.343 e. The Morgan fingerprint density at radius 1 is 1.14 bits per heavy atom. The highest BCUT2D eigenvalue weighted by atomic mass is 35.5. The van der Waals surface area contributed by atoms with Gasteiger partial charge in [0.05, 0.1) is 5.02 Å². The fourth-order valence-electron chi connectivity index (χ4n) is 3.28. The van der Waals surface area contributed by atoms with Gasteiger partial charge in [-0.2, -0.15) is 0 Å². The second-order valence-corrected chi connectivity index (χ2v) is 8.48. The molecule has 148 valence electrons. The lowest BCUT2D eigenvalue weighted by atomic mass is 9.95. The number of benzene rings is 2. The number of rotatable bonds is 6. The van der Waals surface area contributed by atoms with E-state index in [0.717, 1.165) is 16.2 Å². The standard InChI is InChI=1S/C22H25ClN2O2S/c1-2-6-21(26)25-13-11-16(12-14-25)22(27)24-17-9-10-20(19(23)15-17)28-18-7-4-3-5-8-18/h3-5,7-10,15-16H,2,6,11-14H2,1H3,(H,24,27). The molecule has 0 saturated carbocycles. The van der Waals surface area contributed by atoms with Gasteiger partial charge >= 0.3 is 0 Å². The monoisotopic (exact) mass is 416 g/mol. The van der Waals surface area contributed by atoms with E-state index in [1.165, 1.54) is 0 Å². The summed E-state index contributed by atoms with van der Waals surface area (Å²) >= 11 is 8.01. The van der Waals surface area contributed by atoms with E-state index >= 15 is 0 Å². The first-order chi connectivity index (χ1) is 13.6. The van der Waals surface area contributed by atoms with Crippen LogP contribution >= 0.6 is 23.4 Å². The average Bonchev–Trinajstić information content (AvgIpc) is 2.71. The normalized spacial score (nSPS) is 14.7. The van der Waals surface area contributed by atoms with E-state index in [0.29, 0.717) is 43.1 Å². The lowest BCUT2D eigenvalue weighted by Crippen LogP contribution is -2.41. The molecule has 2 aromatic rings. The third-order valence-electron chi connectivity index (χ3n) is 4.85. The van der Waals surface area contributed by atoms with E-state index in [2.05, 4.69) is 5.32 Å². The topological polar surface area (TPSA) is 49.4 Å². The summed E-state index contributed by atoms with van der Waals surface area (Å²) in [7, 11) is 0. The van der Waals surface area contributed by atoms with Gasteiger partial charge in [-0.25, -0.2) is 0 Å². The van der Waals surface area contributed by atoms with Crippen LogP contribution in [0.2, 0.25) is 5.02 Å². The number of nitrogens with zero attached hydrogens (tertiary/aromatic N) is 1. The van der Waals surface area contributed by atoms with Crippen molar-refractivity contribution >= 4 is 40.9 Å². The van der Waals surface area contributed by atoms with Crippen molar-refractivity contribution in [3.63, 3.8) is 0 Å². The number of amides is 2. The summed E-state index contributed by atoms with van der Waals surface area (Å²) in [6.07, 6.45) is 2.86.